The number of rotatable bonds is 4. The van der Waals surface area contributed by atoms with Crippen LogP contribution in [0.3, 0.4) is 0 Å². The maximum Gasteiger partial charge on any atom is 0.255 e. The molecular weight excluding hydrogens is 383 g/mol. The highest BCUT2D eigenvalue weighted by atomic mass is 19.1. The van der Waals surface area contributed by atoms with Crippen molar-refractivity contribution in [3.05, 3.63) is 66.1 Å². The zero-order valence-corrected chi connectivity index (χ0v) is 16.5. The first kappa shape index (κ1) is 18.6. The van der Waals surface area contributed by atoms with E-state index in [1.165, 1.54) is 6.07 Å². The van der Waals surface area contributed by atoms with Crippen molar-refractivity contribution in [3.63, 3.8) is 0 Å². The highest BCUT2D eigenvalue weighted by Gasteiger charge is 2.47. The molecule has 7 nitrogen and oxygen atoms in total. The van der Waals surface area contributed by atoms with E-state index in [-0.39, 0.29) is 29.4 Å². The number of carbonyl (C=O) groups excluding carboxylic acids is 1. The summed E-state index contributed by atoms with van der Waals surface area (Å²) in [6, 6.07) is 6.32. The van der Waals surface area contributed by atoms with E-state index in [1.807, 2.05) is 11.8 Å². The lowest BCUT2D eigenvalue weighted by molar-refractivity contribution is 0.0692. The molecule has 152 valence electrons. The monoisotopic (exact) mass is 404 g/mol. The second-order valence-electron chi connectivity index (χ2n) is 7.89. The summed E-state index contributed by atoms with van der Waals surface area (Å²) in [6.45, 7) is 2.56. The Morgan fingerprint density at radius 1 is 1.10 bits per heavy atom. The summed E-state index contributed by atoms with van der Waals surface area (Å²) < 4.78 is 14.7. The summed E-state index contributed by atoms with van der Waals surface area (Å²) >= 11 is 0. The Kier molecular flexibility index (Phi) is 4.61. The van der Waals surface area contributed by atoms with Gasteiger partial charge in [-0.05, 0) is 43.9 Å². The Hall–Kier alpha value is -3.42. The largest absolute Gasteiger partial charge is 0.364 e. The Bertz CT molecular complexity index is 1070. The predicted molar refractivity (Wildman–Crippen MR) is 109 cm³/mol. The number of benzene rings is 1. The summed E-state index contributed by atoms with van der Waals surface area (Å²) in [7, 11) is 0. The molecule has 1 saturated carbocycles. The summed E-state index contributed by atoms with van der Waals surface area (Å²) in [5, 5.41) is 3.43. The van der Waals surface area contributed by atoms with Gasteiger partial charge in [-0.15, -0.1) is 0 Å². The van der Waals surface area contributed by atoms with Crippen molar-refractivity contribution in [3.8, 4) is 11.4 Å². The first-order valence-corrected chi connectivity index (χ1v) is 10.0. The molecule has 1 saturated heterocycles. The molecule has 1 aliphatic carbocycles. The molecular formula is C22H21FN6O. The molecule has 30 heavy (non-hydrogen) atoms. The van der Waals surface area contributed by atoms with Crippen LogP contribution >= 0.6 is 0 Å². The van der Waals surface area contributed by atoms with Crippen LogP contribution in [0, 0.1) is 18.7 Å². The van der Waals surface area contributed by atoms with Crippen LogP contribution in [-0.4, -0.2) is 49.4 Å². The highest BCUT2D eigenvalue weighted by Crippen LogP contribution is 2.40. The average Bonchev–Trinajstić information content (AvgIpc) is 3.36. The van der Waals surface area contributed by atoms with Crippen LogP contribution < -0.4 is 5.32 Å². The standard InChI is InChI=1S/C22H21FN6O/c1-13-10-27-19(11-26-13)28-17-8-14-9-18(17)29(12-14)22(30)15-4-2-5-16(23)20(15)21-24-6-3-7-25-21/h2-7,10-11,14,17-18H,8-9,12H2,1H3,(H,27,28)/t14-,17+,18-/m0/s1. The number of anilines is 1. The molecule has 3 heterocycles. The number of nitrogens with one attached hydrogen (secondary N) is 1. The van der Waals surface area contributed by atoms with Crippen molar-refractivity contribution in [1.29, 1.82) is 0 Å². The normalized spacial score (nSPS) is 22.3. The van der Waals surface area contributed by atoms with E-state index in [9.17, 15) is 9.18 Å². The Morgan fingerprint density at radius 2 is 1.93 bits per heavy atom. The number of nitrogens with zero attached hydrogens (tertiary/aromatic N) is 5. The fourth-order valence-electron chi connectivity index (χ4n) is 4.58. The van der Waals surface area contributed by atoms with Gasteiger partial charge in [0.25, 0.3) is 5.91 Å². The molecule has 5 rings (SSSR count). The van der Waals surface area contributed by atoms with Crippen LogP contribution in [0.25, 0.3) is 11.4 Å². The van der Waals surface area contributed by atoms with Crippen LogP contribution in [0.4, 0.5) is 10.2 Å². The first-order chi connectivity index (χ1) is 14.6. The molecule has 1 aliphatic heterocycles. The highest BCUT2D eigenvalue weighted by molar-refractivity contribution is 6.00. The summed E-state index contributed by atoms with van der Waals surface area (Å²) in [5.41, 5.74) is 1.30. The molecule has 2 aromatic heterocycles. The van der Waals surface area contributed by atoms with Crippen molar-refractivity contribution < 1.29 is 9.18 Å². The molecule has 3 atom stereocenters. The third-order valence-corrected chi connectivity index (χ3v) is 5.89. The third kappa shape index (κ3) is 3.28. The van der Waals surface area contributed by atoms with Crippen LogP contribution in [-0.2, 0) is 0 Å². The van der Waals surface area contributed by atoms with Gasteiger partial charge in [0.15, 0.2) is 5.82 Å². The Morgan fingerprint density at radius 3 is 2.67 bits per heavy atom. The first-order valence-electron chi connectivity index (χ1n) is 10.0. The van der Waals surface area contributed by atoms with Crippen molar-refractivity contribution >= 4 is 11.7 Å². The van der Waals surface area contributed by atoms with Crippen molar-refractivity contribution in [2.24, 2.45) is 5.92 Å². The van der Waals surface area contributed by atoms with Gasteiger partial charge in [0.1, 0.15) is 11.6 Å². The van der Waals surface area contributed by atoms with Crippen LogP contribution in [0.5, 0.6) is 0 Å². The SMILES string of the molecule is Cc1cnc(N[C@@H]2C[C@H]3C[C@@H]2N(C(=O)c2cccc(F)c2-c2ncccn2)C3)cn1. The lowest BCUT2D eigenvalue weighted by Gasteiger charge is -2.34. The van der Waals surface area contributed by atoms with Crippen molar-refractivity contribution in [2.75, 3.05) is 11.9 Å². The summed E-state index contributed by atoms with van der Waals surface area (Å²) in [6.07, 6.45) is 8.42. The molecule has 0 radical (unpaired) electrons. The molecule has 2 aliphatic rings. The minimum absolute atomic E-state index is 0.0263. The number of fused-ring (bicyclic) bond motifs is 2. The molecule has 1 N–H and O–H groups in total. The van der Waals surface area contributed by atoms with Crippen LogP contribution in [0.15, 0.2) is 49.1 Å². The number of amides is 1. The van der Waals surface area contributed by atoms with Gasteiger partial charge >= 0.3 is 0 Å². The zero-order chi connectivity index (χ0) is 20.7. The van der Waals surface area contributed by atoms with Gasteiger partial charge < -0.3 is 10.2 Å². The zero-order valence-electron chi connectivity index (χ0n) is 16.5. The minimum atomic E-state index is -0.499. The summed E-state index contributed by atoms with van der Waals surface area (Å²) in [4.78, 5) is 32.3. The quantitative estimate of drug-likeness (QED) is 0.719. The summed E-state index contributed by atoms with van der Waals surface area (Å²) in [5.74, 6) is 0.648. The molecule has 2 fully saturated rings. The van der Waals surface area contributed by atoms with Crippen molar-refractivity contribution in [1.82, 2.24) is 24.8 Å². The van der Waals surface area contributed by atoms with E-state index in [0.29, 0.717) is 23.8 Å². The molecule has 8 heteroatoms. The van der Waals surface area contributed by atoms with E-state index >= 15 is 0 Å². The number of aryl methyl sites for hydroxylation is 1. The smallest absolute Gasteiger partial charge is 0.255 e. The van der Waals surface area contributed by atoms with E-state index in [2.05, 4.69) is 25.3 Å². The number of aromatic nitrogens is 4. The topological polar surface area (TPSA) is 83.9 Å². The maximum atomic E-state index is 14.7. The van der Waals surface area contributed by atoms with E-state index in [0.717, 1.165) is 18.5 Å². The lowest BCUT2D eigenvalue weighted by atomic mass is 10.0. The Balaban J connectivity index is 1.42. The van der Waals surface area contributed by atoms with Crippen molar-refractivity contribution in [2.45, 2.75) is 31.8 Å². The molecule has 1 amide bonds. The fourth-order valence-corrected chi connectivity index (χ4v) is 4.58. The van der Waals surface area contributed by atoms with Crippen LogP contribution in [0.2, 0.25) is 0 Å². The number of halogens is 1. The van der Waals surface area contributed by atoms with E-state index in [4.69, 9.17) is 0 Å². The molecule has 3 aromatic rings. The van der Waals surface area contributed by atoms with Gasteiger partial charge in [0, 0.05) is 25.0 Å². The van der Waals surface area contributed by atoms with Gasteiger partial charge in [0.2, 0.25) is 0 Å². The van der Waals surface area contributed by atoms with E-state index in [1.54, 1.807) is 43.0 Å². The van der Waals surface area contributed by atoms with Gasteiger partial charge in [0.05, 0.1) is 35.3 Å². The maximum absolute atomic E-state index is 14.7. The lowest BCUT2D eigenvalue weighted by Crippen LogP contribution is -2.48. The Labute approximate surface area is 173 Å². The average molecular weight is 404 g/mol. The fraction of sp³-hybridized carbons (Fsp3) is 0.318. The van der Waals surface area contributed by atoms with Gasteiger partial charge in [-0.3, -0.25) is 9.78 Å². The number of piperidine rings is 1. The van der Waals surface area contributed by atoms with E-state index < -0.39 is 5.82 Å². The second-order valence-corrected chi connectivity index (χ2v) is 7.89. The van der Waals surface area contributed by atoms with Crippen LogP contribution in [0.1, 0.15) is 28.9 Å². The number of carbonyl (C=O) groups is 1. The van der Waals surface area contributed by atoms with Gasteiger partial charge in [-0.1, -0.05) is 6.07 Å². The molecule has 0 spiro atoms. The van der Waals surface area contributed by atoms with Gasteiger partial charge in [-0.2, -0.15) is 0 Å². The molecule has 1 aromatic carbocycles. The third-order valence-electron chi connectivity index (χ3n) is 5.89. The molecule has 2 bridgehead atoms. The minimum Gasteiger partial charge on any atom is -0.364 e. The number of hydrogen-bond acceptors (Lipinski definition) is 6. The number of hydrogen-bond donors (Lipinski definition) is 1. The van der Waals surface area contributed by atoms with Gasteiger partial charge in [-0.25, -0.2) is 19.3 Å². The predicted octanol–water partition coefficient (Wildman–Crippen LogP) is 3.10. The second kappa shape index (κ2) is 7.44. The number of likely N-dealkylation sites (tertiary alicyclic amines) is 1. The molecule has 0 unspecified atom stereocenters.